The van der Waals surface area contributed by atoms with Gasteiger partial charge in [0, 0.05) is 49.6 Å². The van der Waals surface area contributed by atoms with Gasteiger partial charge in [0.25, 0.3) is 0 Å². The van der Waals surface area contributed by atoms with E-state index in [1.54, 1.807) is 6.20 Å². The highest BCUT2D eigenvalue weighted by molar-refractivity contribution is 5.76. The van der Waals surface area contributed by atoms with Gasteiger partial charge in [-0.25, -0.2) is 9.97 Å². The third kappa shape index (κ3) is 6.16. The maximum absolute atomic E-state index is 13.3. The molecular weight excluding hydrogens is 428 g/mol. The van der Waals surface area contributed by atoms with E-state index in [2.05, 4.69) is 28.4 Å². The Morgan fingerprint density at radius 3 is 2.68 bits per heavy atom. The summed E-state index contributed by atoms with van der Waals surface area (Å²) in [5.74, 6) is 3.32. The molecule has 7 heteroatoms. The lowest BCUT2D eigenvalue weighted by Crippen LogP contribution is -2.32. The van der Waals surface area contributed by atoms with Gasteiger partial charge >= 0.3 is 0 Å². The molecule has 7 nitrogen and oxygen atoms in total. The number of benzene rings is 1. The van der Waals surface area contributed by atoms with Gasteiger partial charge in [-0.3, -0.25) is 4.79 Å². The van der Waals surface area contributed by atoms with Crippen molar-refractivity contribution in [1.82, 2.24) is 19.4 Å². The van der Waals surface area contributed by atoms with E-state index in [9.17, 15) is 4.79 Å². The predicted octanol–water partition coefficient (Wildman–Crippen LogP) is 5.57. The summed E-state index contributed by atoms with van der Waals surface area (Å²) >= 11 is 0. The Morgan fingerprint density at radius 1 is 1.00 bits per heavy atom. The number of aromatic nitrogens is 3. The number of amides is 1. The van der Waals surface area contributed by atoms with Crippen molar-refractivity contribution in [3.63, 3.8) is 0 Å². The van der Waals surface area contributed by atoms with Crippen molar-refractivity contribution in [2.75, 3.05) is 13.2 Å². The van der Waals surface area contributed by atoms with Crippen LogP contribution in [-0.2, 0) is 17.9 Å². The molecule has 0 spiro atoms. The van der Waals surface area contributed by atoms with Crippen LogP contribution in [0.15, 0.2) is 55.0 Å². The molecule has 4 rings (SSSR count). The lowest BCUT2D eigenvalue weighted by Gasteiger charge is -2.24. The first-order valence-corrected chi connectivity index (χ1v) is 12.2. The van der Waals surface area contributed by atoms with Gasteiger partial charge in [0.15, 0.2) is 11.5 Å². The van der Waals surface area contributed by atoms with Crippen LogP contribution in [0.2, 0.25) is 0 Å². The minimum atomic E-state index is 0.133. The number of para-hydroxylation sites is 2. The van der Waals surface area contributed by atoms with Crippen molar-refractivity contribution < 1.29 is 14.3 Å². The quantitative estimate of drug-likeness (QED) is 0.507. The number of nitrogens with zero attached hydrogens (tertiary/aromatic N) is 4. The average molecular weight is 463 g/mol. The maximum Gasteiger partial charge on any atom is 0.224 e. The lowest BCUT2D eigenvalue weighted by atomic mass is 10.1. The lowest BCUT2D eigenvalue weighted by molar-refractivity contribution is -0.132. The first-order chi connectivity index (χ1) is 16.6. The van der Waals surface area contributed by atoms with Gasteiger partial charge in [0.2, 0.25) is 11.8 Å². The molecular formula is C27H34N4O3. The number of aryl methyl sites for hydroxylation is 1. The molecule has 0 bridgehead atoms. The van der Waals surface area contributed by atoms with Crippen LogP contribution in [0.25, 0.3) is 0 Å². The third-order valence-electron chi connectivity index (χ3n) is 6.03. The summed E-state index contributed by atoms with van der Waals surface area (Å²) in [5.41, 5.74) is 0.883. The normalized spacial score (nSPS) is 15.0. The SMILES string of the molecule is CC(C)c1nccn1CCC(=O)N1CCCCCCOc2ccccc2Oc2ncccc2C1. The van der Waals surface area contributed by atoms with Crippen molar-refractivity contribution in [3.8, 4) is 17.4 Å². The second kappa shape index (κ2) is 11.7. The Hall–Kier alpha value is -3.35. The zero-order valence-corrected chi connectivity index (χ0v) is 20.2. The highest BCUT2D eigenvalue weighted by atomic mass is 16.5. The van der Waals surface area contributed by atoms with Crippen molar-refractivity contribution in [2.45, 2.75) is 65.0 Å². The van der Waals surface area contributed by atoms with Gasteiger partial charge in [-0.2, -0.15) is 0 Å². The molecule has 0 unspecified atom stereocenters. The number of hydrogen-bond donors (Lipinski definition) is 0. The largest absolute Gasteiger partial charge is 0.490 e. The molecule has 1 aliphatic heterocycles. The minimum absolute atomic E-state index is 0.133. The molecule has 1 aromatic carbocycles. The number of carbonyl (C=O) groups excluding carboxylic acids is 1. The fraction of sp³-hybridized carbons (Fsp3) is 0.444. The number of fused-ring (bicyclic) bond motifs is 2. The van der Waals surface area contributed by atoms with Crippen LogP contribution in [0.4, 0.5) is 0 Å². The zero-order chi connectivity index (χ0) is 23.8. The molecule has 0 aliphatic carbocycles. The van der Waals surface area contributed by atoms with E-state index in [1.807, 2.05) is 53.7 Å². The van der Waals surface area contributed by atoms with Gasteiger partial charge in [-0.15, -0.1) is 0 Å². The van der Waals surface area contributed by atoms with Gasteiger partial charge < -0.3 is 18.9 Å². The number of carbonyl (C=O) groups is 1. The molecule has 0 fully saturated rings. The Bertz CT molecular complexity index is 1080. The van der Waals surface area contributed by atoms with Crippen molar-refractivity contribution >= 4 is 5.91 Å². The number of pyridine rings is 1. The summed E-state index contributed by atoms with van der Waals surface area (Å²) in [6.07, 6.45) is 9.96. The first kappa shape index (κ1) is 23.8. The van der Waals surface area contributed by atoms with Gasteiger partial charge in [0.05, 0.1) is 13.2 Å². The highest BCUT2D eigenvalue weighted by Gasteiger charge is 2.19. The molecule has 1 amide bonds. The standard InChI is InChI=1S/C27H34N4O3/c1-21(2)26-28-15-18-30(26)17-13-25(32)31-16-7-3-4-8-19-33-23-11-5-6-12-24(23)34-27-22(20-31)10-9-14-29-27/h5-6,9-12,14-15,18,21H,3-4,7-8,13,16-17,19-20H2,1-2H3. The summed E-state index contributed by atoms with van der Waals surface area (Å²) in [4.78, 5) is 24.2. The van der Waals surface area contributed by atoms with Crippen LogP contribution in [0, 0.1) is 0 Å². The van der Waals surface area contributed by atoms with E-state index in [-0.39, 0.29) is 5.91 Å². The molecule has 1 aliphatic rings. The van der Waals surface area contributed by atoms with Crippen LogP contribution in [0.3, 0.4) is 0 Å². The molecule has 0 radical (unpaired) electrons. The van der Waals surface area contributed by atoms with E-state index >= 15 is 0 Å². The van der Waals surface area contributed by atoms with Gasteiger partial charge in [0.1, 0.15) is 5.82 Å². The maximum atomic E-state index is 13.3. The summed E-state index contributed by atoms with van der Waals surface area (Å²) in [5, 5.41) is 0. The zero-order valence-electron chi connectivity index (χ0n) is 20.2. The topological polar surface area (TPSA) is 69.5 Å². The summed E-state index contributed by atoms with van der Waals surface area (Å²) in [7, 11) is 0. The van der Waals surface area contributed by atoms with Crippen LogP contribution >= 0.6 is 0 Å². The Morgan fingerprint density at radius 2 is 1.82 bits per heavy atom. The third-order valence-corrected chi connectivity index (χ3v) is 6.03. The smallest absolute Gasteiger partial charge is 0.224 e. The molecule has 34 heavy (non-hydrogen) atoms. The monoisotopic (exact) mass is 462 g/mol. The Labute approximate surface area is 201 Å². The number of imidazole rings is 1. The van der Waals surface area contributed by atoms with Crippen molar-refractivity contribution in [2.24, 2.45) is 0 Å². The summed E-state index contributed by atoms with van der Waals surface area (Å²) in [6.45, 7) is 6.69. The van der Waals surface area contributed by atoms with E-state index in [0.717, 1.165) is 37.1 Å². The number of ether oxygens (including phenoxy) is 2. The van der Waals surface area contributed by atoms with E-state index < -0.39 is 0 Å². The second-order valence-corrected chi connectivity index (χ2v) is 8.98. The van der Waals surface area contributed by atoms with E-state index in [0.29, 0.717) is 56.0 Å². The number of hydrogen-bond acceptors (Lipinski definition) is 5. The van der Waals surface area contributed by atoms with Crippen LogP contribution in [0.5, 0.6) is 17.4 Å². The van der Waals surface area contributed by atoms with Crippen molar-refractivity contribution in [1.29, 1.82) is 0 Å². The fourth-order valence-corrected chi connectivity index (χ4v) is 4.22. The van der Waals surface area contributed by atoms with Crippen LogP contribution in [0.1, 0.15) is 63.3 Å². The molecule has 3 heterocycles. The summed E-state index contributed by atoms with van der Waals surface area (Å²) < 4.78 is 14.3. The molecule has 0 saturated carbocycles. The molecule has 180 valence electrons. The van der Waals surface area contributed by atoms with Crippen LogP contribution in [-0.4, -0.2) is 38.5 Å². The summed E-state index contributed by atoms with van der Waals surface area (Å²) in [6, 6.07) is 11.5. The Balaban J connectivity index is 1.53. The second-order valence-electron chi connectivity index (χ2n) is 8.98. The molecule has 0 N–H and O–H groups in total. The predicted molar refractivity (Wildman–Crippen MR) is 131 cm³/mol. The number of rotatable bonds is 4. The molecule has 0 atom stereocenters. The van der Waals surface area contributed by atoms with E-state index in [1.165, 1.54) is 0 Å². The van der Waals surface area contributed by atoms with Crippen LogP contribution < -0.4 is 9.47 Å². The van der Waals surface area contributed by atoms with Gasteiger partial charge in [-0.1, -0.05) is 44.9 Å². The first-order valence-electron chi connectivity index (χ1n) is 12.2. The average Bonchev–Trinajstić information content (AvgIpc) is 3.32. The molecule has 3 aromatic rings. The molecule has 2 aromatic heterocycles. The highest BCUT2D eigenvalue weighted by Crippen LogP contribution is 2.32. The molecule has 0 saturated heterocycles. The fourth-order valence-electron chi connectivity index (χ4n) is 4.22. The van der Waals surface area contributed by atoms with Gasteiger partial charge in [-0.05, 0) is 31.0 Å². The Kier molecular flexibility index (Phi) is 8.17. The van der Waals surface area contributed by atoms with E-state index in [4.69, 9.17) is 9.47 Å². The minimum Gasteiger partial charge on any atom is -0.490 e. The van der Waals surface area contributed by atoms with Crippen molar-refractivity contribution in [3.05, 3.63) is 66.4 Å².